The third kappa shape index (κ3) is 3.14. The maximum absolute atomic E-state index is 5.94. The van der Waals surface area contributed by atoms with E-state index in [1.165, 1.54) is 0 Å². The Bertz CT molecular complexity index is 495. The predicted octanol–water partition coefficient (Wildman–Crippen LogP) is 2.31. The Hall–Kier alpha value is -1.20. The highest BCUT2D eigenvalue weighted by atomic mass is 79.9. The Balaban J connectivity index is 2.22. The Labute approximate surface area is 109 Å². The topological polar surface area (TPSA) is 56.7 Å². The van der Waals surface area contributed by atoms with Crippen LogP contribution in [0.15, 0.2) is 35.3 Å². The number of aromatic nitrogens is 3. The molecule has 0 aromatic carbocycles. The van der Waals surface area contributed by atoms with Gasteiger partial charge in [-0.05, 0) is 40.4 Å². The average molecular weight is 295 g/mol. The molecule has 0 aliphatic heterocycles. The largest absolute Gasteiger partial charge is 0.327 e. The van der Waals surface area contributed by atoms with E-state index in [4.69, 9.17) is 5.73 Å². The molecule has 0 radical (unpaired) electrons. The molecule has 2 heterocycles. The van der Waals surface area contributed by atoms with Crippen molar-refractivity contribution in [1.82, 2.24) is 14.8 Å². The van der Waals surface area contributed by atoms with Crippen molar-refractivity contribution < 1.29 is 0 Å². The van der Waals surface area contributed by atoms with Crippen LogP contribution in [0.4, 0.5) is 0 Å². The minimum atomic E-state index is 0.191. The van der Waals surface area contributed by atoms with E-state index in [1.807, 2.05) is 12.4 Å². The Morgan fingerprint density at radius 3 is 2.88 bits per heavy atom. The second-order valence-electron chi connectivity index (χ2n) is 4.03. The summed E-state index contributed by atoms with van der Waals surface area (Å²) in [7, 11) is 0. The van der Waals surface area contributed by atoms with E-state index in [0.29, 0.717) is 0 Å². The molecule has 0 aliphatic carbocycles. The van der Waals surface area contributed by atoms with Gasteiger partial charge in [-0.15, -0.1) is 0 Å². The number of rotatable bonds is 4. The van der Waals surface area contributed by atoms with E-state index in [1.54, 1.807) is 17.1 Å². The van der Waals surface area contributed by atoms with E-state index in [2.05, 4.69) is 39.0 Å². The van der Waals surface area contributed by atoms with Gasteiger partial charge in [0.15, 0.2) is 0 Å². The zero-order chi connectivity index (χ0) is 12.3. The fourth-order valence-electron chi connectivity index (χ4n) is 1.60. The molecule has 0 saturated carbocycles. The van der Waals surface area contributed by atoms with Crippen molar-refractivity contribution in [1.29, 1.82) is 0 Å². The van der Waals surface area contributed by atoms with Gasteiger partial charge in [-0.25, -0.2) is 4.68 Å². The summed E-state index contributed by atoms with van der Waals surface area (Å²) in [5.41, 5.74) is 8.04. The molecule has 0 bridgehead atoms. The van der Waals surface area contributed by atoms with Gasteiger partial charge in [0, 0.05) is 18.4 Å². The lowest BCUT2D eigenvalue weighted by Gasteiger charge is -2.09. The highest BCUT2D eigenvalue weighted by Crippen LogP contribution is 2.13. The maximum atomic E-state index is 5.94. The summed E-state index contributed by atoms with van der Waals surface area (Å²) in [6.07, 6.45) is 9.13. The molecule has 2 rings (SSSR count). The van der Waals surface area contributed by atoms with Crippen molar-refractivity contribution in [3.05, 3.63) is 40.9 Å². The first kappa shape index (κ1) is 12.3. The monoisotopic (exact) mass is 294 g/mol. The fraction of sp³-hybridized carbons (Fsp3) is 0.333. The van der Waals surface area contributed by atoms with Crippen LogP contribution in [0.3, 0.4) is 0 Å². The number of hydrogen-bond acceptors (Lipinski definition) is 3. The zero-order valence-corrected chi connectivity index (χ0v) is 11.3. The van der Waals surface area contributed by atoms with Crippen LogP contribution in [0.25, 0.3) is 5.69 Å². The van der Waals surface area contributed by atoms with Gasteiger partial charge in [-0.3, -0.25) is 4.98 Å². The first-order valence-electron chi connectivity index (χ1n) is 5.59. The Morgan fingerprint density at radius 2 is 2.24 bits per heavy atom. The van der Waals surface area contributed by atoms with Crippen LogP contribution in [0.5, 0.6) is 0 Å². The molecular weight excluding hydrogens is 280 g/mol. The van der Waals surface area contributed by atoms with Crippen LogP contribution in [-0.4, -0.2) is 20.8 Å². The van der Waals surface area contributed by atoms with Crippen LogP contribution >= 0.6 is 15.9 Å². The third-order valence-corrected chi connectivity index (χ3v) is 3.03. The molecule has 1 atom stereocenters. The first-order chi connectivity index (χ1) is 8.19. The third-order valence-electron chi connectivity index (χ3n) is 2.62. The van der Waals surface area contributed by atoms with Crippen molar-refractivity contribution in [3.63, 3.8) is 0 Å². The molecular formula is C12H15BrN4. The number of halogens is 1. The summed E-state index contributed by atoms with van der Waals surface area (Å²) in [6.45, 7) is 2.09. The van der Waals surface area contributed by atoms with Crippen LogP contribution in [-0.2, 0) is 6.42 Å². The van der Waals surface area contributed by atoms with E-state index in [-0.39, 0.29) is 6.04 Å². The van der Waals surface area contributed by atoms with Gasteiger partial charge < -0.3 is 5.73 Å². The van der Waals surface area contributed by atoms with Crippen molar-refractivity contribution in [2.45, 2.75) is 25.8 Å². The van der Waals surface area contributed by atoms with Gasteiger partial charge in [0.2, 0.25) is 0 Å². The molecule has 2 aromatic heterocycles. The van der Waals surface area contributed by atoms with Gasteiger partial charge in [-0.2, -0.15) is 5.10 Å². The lowest BCUT2D eigenvalue weighted by atomic mass is 10.1. The first-order valence-corrected chi connectivity index (χ1v) is 6.38. The molecule has 0 aliphatic rings. The van der Waals surface area contributed by atoms with Crippen LogP contribution in [0.1, 0.15) is 18.9 Å². The predicted molar refractivity (Wildman–Crippen MR) is 71.0 cm³/mol. The van der Waals surface area contributed by atoms with Gasteiger partial charge >= 0.3 is 0 Å². The highest BCUT2D eigenvalue weighted by molar-refractivity contribution is 9.10. The number of nitrogens with zero attached hydrogens (tertiary/aromatic N) is 3. The Morgan fingerprint density at radius 1 is 1.41 bits per heavy atom. The van der Waals surface area contributed by atoms with Crippen molar-refractivity contribution in [2.24, 2.45) is 5.73 Å². The minimum absolute atomic E-state index is 0.191. The van der Waals surface area contributed by atoms with Gasteiger partial charge in [0.05, 0.1) is 22.6 Å². The van der Waals surface area contributed by atoms with Gasteiger partial charge in [0.1, 0.15) is 0 Å². The standard InChI is InChI=1S/C12H15BrN4/c1-2-11(14)3-9-4-12(7-15-5-9)17-8-10(13)6-16-17/h4-8,11H,2-3,14H2,1H3. The van der Waals surface area contributed by atoms with Crippen molar-refractivity contribution in [3.8, 4) is 5.69 Å². The summed E-state index contributed by atoms with van der Waals surface area (Å²) < 4.78 is 2.74. The summed E-state index contributed by atoms with van der Waals surface area (Å²) >= 11 is 3.38. The summed E-state index contributed by atoms with van der Waals surface area (Å²) in [5.74, 6) is 0. The molecule has 0 spiro atoms. The van der Waals surface area contributed by atoms with Crippen LogP contribution in [0.2, 0.25) is 0 Å². The van der Waals surface area contributed by atoms with Gasteiger partial charge in [0.25, 0.3) is 0 Å². The van der Waals surface area contributed by atoms with E-state index in [9.17, 15) is 0 Å². The molecule has 2 aromatic rings. The SMILES string of the molecule is CCC(N)Cc1cncc(-n2cc(Br)cn2)c1. The fourth-order valence-corrected chi connectivity index (χ4v) is 1.89. The minimum Gasteiger partial charge on any atom is -0.327 e. The molecule has 0 saturated heterocycles. The maximum Gasteiger partial charge on any atom is 0.0831 e. The van der Waals surface area contributed by atoms with Crippen LogP contribution in [0, 0.1) is 0 Å². The smallest absolute Gasteiger partial charge is 0.0831 e. The summed E-state index contributed by atoms with van der Waals surface area (Å²) in [5, 5.41) is 4.22. The lowest BCUT2D eigenvalue weighted by Crippen LogP contribution is -2.21. The van der Waals surface area contributed by atoms with E-state index >= 15 is 0 Å². The summed E-state index contributed by atoms with van der Waals surface area (Å²) in [4.78, 5) is 4.23. The van der Waals surface area contributed by atoms with E-state index < -0.39 is 0 Å². The quantitative estimate of drug-likeness (QED) is 0.941. The van der Waals surface area contributed by atoms with Crippen molar-refractivity contribution in [2.75, 3.05) is 0 Å². The average Bonchev–Trinajstić information content (AvgIpc) is 2.76. The molecule has 0 amide bonds. The molecule has 1 unspecified atom stereocenters. The molecule has 0 fully saturated rings. The number of pyridine rings is 1. The zero-order valence-electron chi connectivity index (χ0n) is 9.68. The molecule has 4 nitrogen and oxygen atoms in total. The lowest BCUT2D eigenvalue weighted by molar-refractivity contribution is 0.644. The Kier molecular flexibility index (Phi) is 3.91. The van der Waals surface area contributed by atoms with Crippen molar-refractivity contribution >= 4 is 15.9 Å². The summed E-state index contributed by atoms with van der Waals surface area (Å²) in [6, 6.07) is 2.26. The highest BCUT2D eigenvalue weighted by Gasteiger charge is 2.04. The molecule has 5 heteroatoms. The molecule has 17 heavy (non-hydrogen) atoms. The van der Waals surface area contributed by atoms with Crippen LogP contribution < -0.4 is 5.73 Å². The molecule has 2 N–H and O–H groups in total. The number of hydrogen-bond donors (Lipinski definition) is 1. The normalized spacial score (nSPS) is 12.6. The second-order valence-corrected chi connectivity index (χ2v) is 4.94. The van der Waals surface area contributed by atoms with E-state index in [0.717, 1.165) is 28.6 Å². The molecule has 90 valence electrons. The second kappa shape index (κ2) is 5.42. The number of nitrogens with two attached hydrogens (primary N) is 1. The van der Waals surface area contributed by atoms with Gasteiger partial charge in [-0.1, -0.05) is 6.92 Å².